The van der Waals surface area contributed by atoms with E-state index >= 15 is 0 Å². The molecule has 1 N–H and O–H groups in total. The van der Waals surface area contributed by atoms with Gasteiger partial charge in [0.05, 0.1) is 22.8 Å². The van der Waals surface area contributed by atoms with E-state index in [1.807, 2.05) is 36.7 Å². The predicted molar refractivity (Wildman–Crippen MR) is 138 cm³/mol. The van der Waals surface area contributed by atoms with Crippen molar-refractivity contribution in [2.24, 2.45) is 0 Å². The fraction of sp³-hybridized carbons (Fsp3) is 0.333. The summed E-state index contributed by atoms with van der Waals surface area (Å²) in [6.07, 6.45) is 4.92. The summed E-state index contributed by atoms with van der Waals surface area (Å²) in [4.78, 5) is 21.8. The number of benzene rings is 2. The SMILES string of the molecule is O=C(Cc1cc(Cl)c2c(c1)OCCO2)Nc1ccccc1N1CCN(CCc2ccncc2)CC1. The van der Waals surface area contributed by atoms with Crippen molar-refractivity contribution in [3.8, 4) is 11.5 Å². The second-order valence-corrected chi connectivity index (χ2v) is 9.19. The molecule has 0 bridgehead atoms. The molecule has 1 aromatic heterocycles. The van der Waals surface area contributed by atoms with Crippen LogP contribution in [0.15, 0.2) is 60.9 Å². The van der Waals surface area contributed by atoms with Gasteiger partial charge in [0.25, 0.3) is 0 Å². The van der Waals surface area contributed by atoms with Gasteiger partial charge in [-0.25, -0.2) is 0 Å². The molecule has 0 atom stereocenters. The monoisotopic (exact) mass is 492 g/mol. The van der Waals surface area contributed by atoms with Crippen LogP contribution in [0.1, 0.15) is 11.1 Å². The van der Waals surface area contributed by atoms with Crippen molar-refractivity contribution in [1.29, 1.82) is 0 Å². The molecule has 3 aromatic rings. The zero-order valence-electron chi connectivity index (χ0n) is 19.6. The first-order valence-electron chi connectivity index (χ1n) is 12.0. The Morgan fingerprint density at radius 3 is 2.57 bits per heavy atom. The average Bonchev–Trinajstić information content (AvgIpc) is 2.89. The highest BCUT2D eigenvalue weighted by Gasteiger charge is 2.21. The lowest BCUT2D eigenvalue weighted by Crippen LogP contribution is -2.47. The molecule has 5 rings (SSSR count). The highest BCUT2D eigenvalue weighted by Crippen LogP contribution is 2.38. The van der Waals surface area contributed by atoms with Crippen LogP contribution in [0.25, 0.3) is 0 Å². The number of ether oxygens (including phenoxy) is 2. The summed E-state index contributed by atoms with van der Waals surface area (Å²) >= 11 is 6.34. The summed E-state index contributed by atoms with van der Waals surface area (Å²) in [5.74, 6) is 1.04. The number of hydrogen-bond acceptors (Lipinski definition) is 6. The van der Waals surface area contributed by atoms with E-state index in [9.17, 15) is 4.79 Å². The van der Waals surface area contributed by atoms with Crippen molar-refractivity contribution in [2.45, 2.75) is 12.8 Å². The van der Waals surface area contributed by atoms with Crippen molar-refractivity contribution in [3.05, 3.63) is 77.1 Å². The molecule has 8 heteroatoms. The lowest BCUT2D eigenvalue weighted by molar-refractivity contribution is -0.115. The lowest BCUT2D eigenvalue weighted by atomic mass is 10.1. The van der Waals surface area contributed by atoms with Crippen LogP contribution in [0.4, 0.5) is 11.4 Å². The quantitative estimate of drug-likeness (QED) is 0.536. The van der Waals surface area contributed by atoms with Crippen molar-refractivity contribution < 1.29 is 14.3 Å². The van der Waals surface area contributed by atoms with E-state index < -0.39 is 0 Å². The third kappa shape index (κ3) is 5.86. The van der Waals surface area contributed by atoms with E-state index in [2.05, 4.69) is 38.3 Å². The number of carbonyl (C=O) groups is 1. The van der Waals surface area contributed by atoms with Gasteiger partial charge in [-0.15, -0.1) is 0 Å². The minimum Gasteiger partial charge on any atom is -0.486 e. The number of halogens is 1. The largest absolute Gasteiger partial charge is 0.486 e. The van der Waals surface area contributed by atoms with Gasteiger partial charge in [-0.05, 0) is 53.9 Å². The molecule has 0 spiro atoms. The van der Waals surface area contributed by atoms with Crippen LogP contribution in [0.3, 0.4) is 0 Å². The smallest absolute Gasteiger partial charge is 0.228 e. The van der Waals surface area contributed by atoms with Crippen LogP contribution >= 0.6 is 11.6 Å². The van der Waals surface area contributed by atoms with Crippen LogP contribution in [0.5, 0.6) is 11.5 Å². The molecule has 2 aromatic carbocycles. The summed E-state index contributed by atoms with van der Waals surface area (Å²) < 4.78 is 11.2. The Labute approximate surface area is 210 Å². The Morgan fingerprint density at radius 1 is 0.971 bits per heavy atom. The number of nitrogens with one attached hydrogen (secondary N) is 1. The molecule has 35 heavy (non-hydrogen) atoms. The second kappa shape index (κ2) is 11.0. The number of carbonyl (C=O) groups excluding carboxylic acids is 1. The number of anilines is 2. The molecule has 2 aliphatic rings. The number of para-hydroxylation sites is 2. The third-order valence-corrected chi connectivity index (χ3v) is 6.66. The number of hydrogen-bond donors (Lipinski definition) is 1. The highest BCUT2D eigenvalue weighted by molar-refractivity contribution is 6.32. The molecule has 0 radical (unpaired) electrons. The molecule has 2 aliphatic heterocycles. The van der Waals surface area contributed by atoms with Gasteiger partial charge < -0.3 is 19.7 Å². The molecule has 3 heterocycles. The first-order chi connectivity index (χ1) is 17.2. The maximum atomic E-state index is 12.9. The Kier molecular flexibility index (Phi) is 7.35. The molecule has 1 fully saturated rings. The number of rotatable bonds is 7. The molecule has 182 valence electrons. The Morgan fingerprint density at radius 2 is 1.74 bits per heavy atom. The van der Waals surface area contributed by atoms with Crippen molar-refractivity contribution in [3.63, 3.8) is 0 Å². The van der Waals surface area contributed by atoms with Crippen LogP contribution in [0, 0.1) is 0 Å². The maximum absolute atomic E-state index is 12.9. The van der Waals surface area contributed by atoms with E-state index in [0.29, 0.717) is 29.7 Å². The molecule has 0 aliphatic carbocycles. The van der Waals surface area contributed by atoms with Crippen molar-refractivity contribution in [1.82, 2.24) is 9.88 Å². The van der Waals surface area contributed by atoms with Crippen LogP contribution in [-0.2, 0) is 17.6 Å². The summed E-state index contributed by atoms with van der Waals surface area (Å²) in [5.41, 5.74) is 3.98. The van der Waals surface area contributed by atoms with Gasteiger partial charge in [0, 0.05) is 45.1 Å². The number of aromatic nitrogens is 1. The Bertz CT molecular complexity index is 1170. The average molecular weight is 493 g/mol. The molecular formula is C27H29ClN4O3. The van der Waals surface area contributed by atoms with Crippen molar-refractivity contribution in [2.75, 3.05) is 56.2 Å². The molecule has 0 saturated carbocycles. The van der Waals surface area contributed by atoms with E-state index in [1.54, 1.807) is 6.07 Å². The van der Waals surface area contributed by atoms with Gasteiger partial charge in [0.1, 0.15) is 13.2 Å². The maximum Gasteiger partial charge on any atom is 0.228 e. The van der Waals surface area contributed by atoms with E-state index in [0.717, 1.165) is 56.1 Å². The van der Waals surface area contributed by atoms with Crippen LogP contribution in [0.2, 0.25) is 5.02 Å². The van der Waals surface area contributed by atoms with Gasteiger partial charge in [0.2, 0.25) is 5.91 Å². The van der Waals surface area contributed by atoms with Crippen LogP contribution in [-0.4, -0.2) is 61.7 Å². The number of nitrogens with zero attached hydrogens (tertiary/aromatic N) is 3. The van der Waals surface area contributed by atoms with E-state index in [4.69, 9.17) is 21.1 Å². The topological polar surface area (TPSA) is 66.9 Å². The fourth-order valence-corrected chi connectivity index (χ4v) is 4.84. The van der Waals surface area contributed by atoms with E-state index in [1.165, 1.54) is 5.56 Å². The Hall–Kier alpha value is -3.29. The summed E-state index contributed by atoms with van der Waals surface area (Å²) in [7, 11) is 0. The lowest BCUT2D eigenvalue weighted by Gasteiger charge is -2.37. The van der Waals surface area contributed by atoms with Crippen molar-refractivity contribution >= 4 is 28.9 Å². The predicted octanol–water partition coefficient (Wildman–Crippen LogP) is 4.05. The van der Waals surface area contributed by atoms with Gasteiger partial charge in [-0.3, -0.25) is 14.7 Å². The summed E-state index contributed by atoms with van der Waals surface area (Å²) in [6, 6.07) is 15.8. The number of piperazine rings is 1. The number of fused-ring (bicyclic) bond motifs is 1. The first kappa shape index (κ1) is 23.5. The van der Waals surface area contributed by atoms with Crippen LogP contribution < -0.4 is 19.7 Å². The van der Waals surface area contributed by atoms with Gasteiger partial charge in [-0.1, -0.05) is 23.7 Å². The number of pyridine rings is 1. The minimum atomic E-state index is -0.0961. The Balaban J connectivity index is 1.18. The fourth-order valence-electron chi connectivity index (χ4n) is 4.55. The second-order valence-electron chi connectivity index (χ2n) is 8.78. The standard InChI is InChI=1S/C27H29ClN4O3/c28-22-17-21(18-25-27(22)35-16-15-34-25)19-26(33)30-23-3-1-2-4-24(23)32-13-11-31(12-14-32)10-7-20-5-8-29-9-6-20/h1-6,8-9,17-18H,7,10-16,19H2,(H,30,33). The summed E-state index contributed by atoms with van der Waals surface area (Å²) in [6.45, 7) is 5.80. The molecule has 1 amide bonds. The normalized spacial score (nSPS) is 15.6. The molecule has 1 saturated heterocycles. The molecular weight excluding hydrogens is 464 g/mol. The third-order valence-electron chi connectivity index (χ3n) is 6.38. The zero-order valence-corrected chi connectivity index (χ0v) is 20.3. The number of amides is 1. The van der Waals surface area contributed by atoms with Gasteiger partial charge in [-0.2, -0.15) is 0 Å². The highest BCUT2D eigenvalue weighted by atomic mass is 35.5. The molecule has 7 nitrogen and oxygen atoms in total. The minimum absolute atomic E-state index is 0.0961. The van der Waals surface area contributed by atoms with Gasteiger partial charge >= 0.3 is 0 Å². The van der Waals surface area contributed by atoms with E-state index in [-0.39, 0.29) is 12.3 Å². The van der Waals surface area contributed by atoms with Gasteiger partial charge in [0.15, 0.2) is 11.5 Å². The summed E-state index contributed by atoms with van der Waals surface area (Å²) in [5, 5.41) is 3.56. The molecule has 0 unspecified atom stereocenters. The first-order valence-corrected chi connectivity index (χ1v) is 12.4. The zero-order chi connectivity index (χ0) is 24.0.